The van der Waals surface area contributed by atoms with Gasteiger partial charge in [-0.05, 0) is 32.8 Å². The normalized spacial score (nSPS) is 22.7. The molecule has 156 valence electrons. The number of ether oxygens (including phenoxy) is 2. The molecule has 3 atom stereocenters. The van der Waals surface area contributed by atoms with Gasteiger partial charge < -0.3 is 25.2 Å². The SMILES string of the molecule is CC(NC(=O)C(O)CCNC(=O)[C@@H]1OC(C)(C)OCC1(C)C)c1ccccc1. The third-order valence-electron chi connectivity index (χ3n) is 4.82. The van der Waals surface area contributed by atoms with Crippen molar-refractivity contribution in [2.45, 2.75) is 65.1 Å². The molecule has 2 amide bonds. The zero-order valence-corrected chi connectivity index (χ0v) is 17.3. The van der Waals surface area contributed by atoms with Gasteiger partial charge in [-0.15, -0.1) is 0 Å². The number of nitrogens with one attached hydrogen (secondary N) is 2. The van der Waals surface area contributed by atoms with E-state index < -0.39 is 29.3 Å². The highest BCUT2D eigenvalue weighted by Gasteiger charge is 2.45. The van der Waals surface area contributed by atoms with Crippen LogP contribution in [0.5, 0.6) is 0 Å². The maximum Gasteiger partial charge on any atom is 0.249 e. The fourth-order valence-corrected chi connectivity index (χ4v) is 3.01. The third-order valence-corrected chi connectivity index (χ3v) is 4.82. The predicted octanol–water partition coefficient (Wildman–Crippen LogP) is 1.91. The molecule has 0 spiro atoms. The lowest BCUT2D eigenvalue weighted by molar-refractivity contribution is -0.304. The van der Waals surface area contributed by atoms with Gasteiger partial charge in [0.2, 0.25) is 11.8 Å². The molecule has 1 fully saturated rings. The van der Waals surface area contributed by atoms with Crippen molar-refractivity contribution in [1.82, 2.24) is 10.6 Å². The first-order valence-corrected chi connectivity index (χ1v) is 9.65. The van der Waals surface area contributed by atoms with E-state index in [1.54, 1.807) is 13.8 Å². The van der Waals surface area contributed by atoms with Crippen LogP contribution >= 0.6 is 0 Å². The van der Waals surface area contributed by atoms with Crippen molar-refractivity contribution in [2.24, 2.45) is 5.41 Å². The summed E-state index contributed by atoms with van der Waals surface area (Å²) in [5.74, 6) is -1.56. The lowest BCUT2D eigenvalue weighted by Crippen LogP contribution is -2.56. The topological polar surface area (TPSA) is 96.9 Å². The summed E-state index contributed by atoms with van der Waals surface area (Å²) in [5.41, 5.74) is 0.485. The lowest BCUT2D eigenvalue weighted by Gasteiger charge is -2.44. The van der Waals surface area contributed by atoms with Crippen molar-refractivity contribution in [2.75, 3.05) is 13.2 Å². The maximum atomic E-state index is 12.5. The highest BCUT2D eigenvalue weighted by atomic mass is 16.7. The Balaban J connectivity index is 1.80. The van der Waals surface area contributed by atoms with Crippen molar-refractivity contribution in [1.29, 1.82) is 0 Å². The molecule has 7 nitrogen and oxygen atoms in total. The molecule has 28 heavy (non-hydrogen) atoms. The highest BCUT2D eigenvalue weighted by Crippen LogP contribution is 2.34. The van der Waals surface area contributed by atoms with Gasteiger partial charge in [-0.25, -0.2) is 0 Å². The van der Waals surface area contributed by atoms with Gasteiger partial charge in [0, 0.05) is 12.0 Å². The van der Waals surface area contributed by atoms with Crippen LogP contribution in [0.1, 0.15) is 52.6 Å². The van der Waals surface area contributed by atoms with E-state index in [2.05, 4.69) is 10.6 Å². The van der Waals surface area contributed by atoms with Crippen LogP contribution in [0.25, 0.3) is 0 Å². The summed E-state index contributed by atoms with van der Waals surface area (Å²) >= 11 is 0. The van der Waals surface area contributed by atoms with Gasteiger partial charge in [-0.3, -0.25) is 9.59 Å². The third kappa shape index (κ3) is 6.02. The second-order valence-corrected chi connectivity index (χ2v) is 8.41. The number of aliphatic hydroxyl groups excluding tert-OH is 1. The monoisotopic (exact) mass is 392 g/mol. The van der Waals surface area contributed by atoms with E-state index in [-0.39, 0.29) is 24.9 Å². The van der Waals surface area contributed by atoms with E-state index in [9.17, 15) is 14.7 Å². The van der Waals surface area contributed by atoms with E-state index in [1.165, 1.54) is 0 Å². The van der Waals surface area contributed by atoms with Crippen LogP contribution in [-0.2, 0) is 19.1 Å². The molecule has 0 bridgehead atoms. The van der Waals surface area contributed by atoms with E-state index >= 15 is 0 Å². The predicted molar refractivity (Wildman–Crippen MR) is 105 cm³/mol. The standard InChI is InChI=1S/C21H32N2O5/c1-14(15-9-7-6-8-10-15)23-18(25)16(24)11-12-22-19(26)17-20(2,3)13-27-21(4,5)28-17/h6-10,14,16-17,24H,11-13H2,1-5H3,(H,22,26)(H,23,25)/t14?,16?,17-/m0/s1. The van der Waals surface area contributed by atoms with Crippen LogP contribution in [-0.4, -0.2) is 48.1 Å². The minimum Gasteiger partial charge on any atom is -0.383 e. The molecule has 2 unspecified atom stereocenters. The van der Waals surface area contributed by atoms with Gasteiger partial charge >= 0.3 is 0 Å². The molecule has 7 heteroatoms. The summed E-state index contributed by atoms with van der Waals surface area (Å²) in [4.78, 5) is 24.7. The van der Waals surface area contributed by atoms with Crippen molar-refractivity contribution in [3.05, 3.63) is 35.9 Å². The molecular formula is C21H32N2O5. The Kier molecular flexibility index (Phi) is 7.20. The zero-order valence-electron chi connectivity index (χ0n) is 17.3. The molecular weight excluding hydrogens is 360 g/mol. The quantitative estimate of drug-likeness (QED) is 0.659. The molecule has 1 aromatic rings. The van der Waals surface area contributed by atoms with Crippen LogP contribution in [0, 0.1) is 5.41 Å². The molecule has 1 aliphatic heterocycles. The number of rotatable bonds is 7. The number of carbonyl (C=O) groups is 2. The van der Waals surface area contributed by atoms with Crippen LogP contribution in [0.2, 0.25) is 0 Å². The van der Waals surface area contributed by atoms with Crippen molar-refractivity contribution in [3.8, 4) is 0 Å². The fourth-order valence-electron chi connectivity index (χ4n) is 3.01. The second-order valence-electron chi connectivity index (χ2n) is 8.41. The van der Waals surface area contributed by atoms with Crippen LogP contribution in [0.15, 0.2) is 30.3 Å². The molecule has 0 aliphatic carbocycles. The molecule has 1 aromatic carbocycles. The average Bonchev–Trinajstić information content (AvgIpc) is 2.64. The van der Waals surface area contributed by atoms with E-state index in [0.717, 1.165) is 5.56 Å². The molecule has 3 N–H and O–H groups in total. The lowest BCUT2D eigenvalue weighted by atomic mass is 9.85. The number of carbonyl (C=O) groups excluding carboxylic acids is 2. The minimum atomic E-state index is -1.20. The smallest absolute Gasteiger partial charge is 0.249 e. The van der Waals surface area contributed by atoms with Crippen molar-refractivity contribution >= 4 is 11.8 Å². The number of hydrogen-bond donors (Lipinski definition) is 3. The van der Waals surface area contributed by atoms with E-state index in [1.807, 2.05) is 51.1 Å². The first kappa shape index (κ1) is 22.3. The van der Waals surface area contributed by atoms with Gasteiger partial charge in [0.1, 0.15) is 12.2 Å². The fraction of sp³-hybridized carbons (Fsp3) is 0.619. The number of benzene rings is 1. The highest BCUT2D eigenvalue weighted by molar-refractivity contribution is 5.82. The van der Waals surface area contributed by atoms with Crippen LogP contribution < -0.4 is 10.6 Å². The van der Waals surface area contributed by atoms with Gasteiger partial charge in [0.05, 0.1) is 12.6 Å². The Morgan fingerprint density at radius 3 is 2.50 bits per heavy atom. The van der Waals surface area contributed by atoms with Crippen molar-refractivity contribution in [3.63, 3.8) is 0 Å². The first-order valence-electron chi connectivity index (χ1n) is 9.65. The summed E-state index contributed by atoms with van der Waals surface area (Å²) in [7, 11) is 0. The summed E-state index contributed by atoms with van der Waals surface area (Å²) in [6.45, 7) is 9.77. The zero-order chi connectivity index (χ0) is 20.9. The Hall–Kier alpha value is -1.96. The van der Waals surface area contributed by atoms with Gasteiger partial charge in [-0.1, -0.05) is 44.2 Å². The molecule has 1 aliphatic rings. The number of amides is 2. The summed E-state index contributed by atoms with van der Waals surface area (Å²) in [5, 5.41) is 15.6. The van der Waals surface area contributed by atoms with Crippen LogP contribution in [0.3, 0.4) is 0 Å². The summed E-state index contributed by atoms with van der Waals surface area (Å²) in [6.07, 6.45) is -1.75. The van der Waals surface area contributed by atoms with Gasteiger partial charge in [0.25, 0.3) is 0 Å². The minimum absolute atomic E-state index is 0.117. The largest absolute Gasteiger partial charge is 0.383 e. The molecule has 0 aromatic heterocycles. The van der Waals surface area contributed by atoms with Gasteiger partial charge in [-0.2, -0.15) is 0 Å². The Morgan fingerprint density at radius 2 is 1.86 bits per heavy atom. The van der Waals surface area contributed by atoms with Crippen LogP contribution in [0.4, 0.5) is 0 Å². The van der Waals surface area contributed by atoms with E-state index in [0.29, 0.717) is 6.61 Å². The number of aliphatic hydroxyl groups is 1. The Bertz CT molecular complexity index is 675. The Labute approximate surface area is 166 Å². The summed E-state index contributed by atoms with van der Waals surface area (Å²) < 4.78 is 11.4. The molecule has 0 radical (unpaired) electrons. The molecule has 0 saturated carbocycles. The molecule has 1 saturated heterocycles. The maximum absolute atomic E-state index is 12.5. The summed E-state index contributed by atoms with van der Waals surface area (Å²) in [6, 6.07) is 9.30. The van der Waals surface area contributed by atoms with Crippen molar-refractivity contribution < 1.29 is 24.2 Å². The second kappa shape index (κ2) is 9.03. The molecule has 1 heterocycles. The number of hydrogen-bond acceptors (Lipinski definition) is 5. The van der Waals surface area contributed by atoms with E-state index in [4.69, 9.17) is 9.47 Å². The average molecular weight is 392 g/mol. The molecule has 2 rings (SSSR count). The Morgan fingerprint density at radius 1 is 1.21 bits per heavy atom. The van der Waals surface area contributed by atoms with Gasteiger partial charge in [0.15, 0.2) is 5.79 Å². The first-order chi connectivity index (χ1) is 13.0.